The van der Waals surface area contributed by atoms with Gasteiger partial charge in [0.25, 0.3) is 10.0 Å². The third-order valence-electron chi connectivity index (χ3n) is 5.42. The summed E-state index contributed by atoms with van der Waals surface area (Å²) in [7, 11) is -1.31. The minimum absolute atomic E-state index is 0.00198. The number of para-hydroxylation sites is 1. The zero-order valence-corrected chi connectivity index (χ0v) is 21.4. The Labute approximate surface area is 212 Å². The third-order valence-corrected chi connectivity index (χ3v) is 8.29. The molecular weight excluding hydrogens is 516 g/mol. The van der Waals surface area contributed by atoms with E-state index in [1.165, 1.54) is 43.6 Å². The van der Waals surface area contributed by atoms with Gasteiger partial charge in [0.15, 0.2) is 5.75 Å². The number of hydrogen-bond donors (Lipinski definition) is 0. The normalized spacial score (nSPS) is 13.5. The number of amides is 1. The maximum absolute atomic E-state index is 14.0. The van der Waals surface area contributed by atoms with Gasteiger partial charge in [-0.2, -0.15) is 4.37 Å². The van der Waals surface area contributed by atoms with Crippen LogP contribution in [0.15, 0.2) is 47.6 Å². The van der Waals surface area contributed by atoms with Gasteiger partial charge >= 0.3 is 6.09 Å². The highest BCUT2D eigenvalue weighted by Crippen LogP contribution is 2.38. The first-order chi connectivity index (χ1) is 16.8. The lowest BCUT2D eigenvalue weighted by atomic mass is 10.2. The third kappa shape index (κ3) is 5.29. The van der Waals surface area contributed by atoms with Crippen molar-refractivity contribution < 1.29 is 27.4 Å². The van der Waals surface area contributed by atoms with Crippen LogP contribution in [0.25, 0.3) is 0 Å². The van der Waals surface area contributed by atoms with Crippen LogP contribution in [0.1, 0.15) is 18.4 Å². The monoisotopic (exact) mass is 538 g/mol. The molecule has 4 rings (SSSR count). The van der Waals surface area contributed by atoms with Crippen molar-refractivity contribution in [2.24, 2.45) is 0 Å². The number of ether oxygens (including phenoxy) is 3. The molecule has 186 valence electrons. The van der Waals surface area contributed by atoms with Crippen LogP contribution in [0.2, 0.25) is 5.02 Å². The van der Waals surface area contributed by atoms with E-state index in [-0.39, 0.29) is 27.3 Å². The van der Waals surface area contributed by atoms with Crippen molar-refractivity contribution in [1.82, 2.24) is 14.3 Å². The van der Waals surface area contributed by atoms with Crippen LogP contribution >= 0.6 is 23.1 Å². The SMILES string of the molecule is COc1ccc(CN(c2ncns2)S(=O)(=O)c2cccc(Cl)c2OC(=O)N2CCCC2)c(OC)c1. The summed E-state index contributed by atoms with van der Waals surface area (Å²) in [6, 6.07) is 9.35. The van der Waals surface area contributed by atoms with Gasteiger partial charge in [0.1, 0.15) is 22.7 Å². The number of hydrogen-bond acceptors (Lipinski definition) is 9. The molecule has 1 aromatic heterocycles. The molecule has 1 amide bonds. The molecule has 10 nitrogen and oxygen atoms in total. The van der Waals surface area contributed by atoms with Crippen molar-refractivity contribution in [1.29, 1.82) is 0 Å². The second-order valence-corrected chi connectivity index (χ2v) is 10.5. The van der Waals surface area contributed by atoms with Gasteiger partial charge in [0.05, 0.1) is 25.8 Å². The maximum atomic E-state index is 14.0. The standard InChI is InChI=1S/C22H23ClN4O6S2/c1-31-16-9-8-15(18(12-16)32-2)13-27(21-24-14-25-34-21)35(29,30)19-7-5-6-17(23)20(19)33-22(28)26-10-3-4-11-26/h5-9,12,14H,3-4,10-11,13H2,1-2H3. The number of carbonyl (C=O) groups is 1. The number of methoxy groups -OCH3 is 2. The van der Waals surface area contributed by atoms with Crippen LogP contribution < -0.4 is 18.5 Å². The Morgan fingerprint density at radius 1 is 1.17 bits per heavy atom. The number of aromatic nitrogens is 2. The average molecular weight is 539 g/mol. The number of anilines is 1. The fraction of sp³-hybridized carbons (Fsp3) is 0.318. The molecule has 3 aromatic rings. The van der Waals surface area contributed by atoms with Gasteiger partial charge in [-0.1, -0.05) is 17.7 Å². The largest absolute Gasteiger partial charge is 0.497 e. The number of sulfonamides is 1. The molecule has 13 heteroatoms. The molecule has 1 fully saturated rings. The highest BCUT2D eigenvalue weighted by molar-refractivity contribution is 7.93. The smallest absolute Gasteiger partial charge is 0.415 e. The van der Waals surface area contributed by atoms with Crippen LogP contribution in [0.3, 0.4) is 0 Å². The van der Waals surface area contributed by atoms with E-state index in [9.17, 15) is 13.2 Å². The summed E-state index contributed by atoms with van der Waals surface area (Å²) in [6.45, 7) is 0.954. The van der Waals surface area contributed by atoms with E-state index in [1.54, 1.807) is 18.2 Å². The summed E-state index contributed by atoms with van der Waals surface area (Å²) in [5.41, 5.74) is 0.560. The van der Waals surface area contributed by atoms with Crippen LogP contribution in [-0.2, 0) is 16.6 Å². The van der Waals surface area contributed by atoms with Crippen LogP contribution in [0, 0.1) is 0 Å². The summed E-state index contributed by atoms with van der Waals surface area (Å²) >= 11 is 7.23. The Kier molecular flexibility index (Phi) is 7.63. The summed E-state index contributed by atoms with van der Waals surface area (Å²) in [6.07, 6.45) is 2.33. The topological polar surface area (TPSA) is 111 Å². The molecule has 0 atom stereocenters. The van der Waals surface area contributed by atoms with E-state index in [4.69, 9.17) is 25.8 Å². The predicted octanol–water partition coefficient (Wildman–Crippen LogP) is 4.20. The van der Waals surface area contributed by atoms with Gasteiger partial charge < -0.3 is 19.1 Å². The summed E-state index contributed by atoms with van der Waals surface area (Å²) in [4.78, 5) is 18.0. The fourth-order valence-corrected chi connectivity index (χ4v) is 6.17. The summed E-state index contributed by atoms with van der Waals surface area (Å²) in [5.74, 6) is 0.755. The van der Waals surface area contributed by atoms with Crippen molar-refractivity contribution in [2.75, 3.05) is 31.6 Å². The van der Waals surface area contributed by atoms with Crippen molar-refractivity contribution in [2.45, 2.75) is 24.3 Å². The number of likely N-dealkylation sites (tertiary alicyclic amines) is 1. The zero-order chi connectivity index (χ0) is 25.0. The summed E-state index contributed by atoms with van der Waals surface area (Å²) < 4.78 is 49.2. The van der Waals surface area contributed by atoms with E-state index in [0.717, 1.165) is 28.7 Å². The maximum Gasteiger partial charge on any atom is 0.415 e. The van der Waals surface area contributed by atoms with E-state index in [2.05, 4.69) is 9.36 Å². The lowest BCUT2D eigenvalue weighted by molar-refractivity contribution is 0.161. The predicted molar refractivity (Wildman–Crippen MR) is 131 cm³/mol. The quantitative estimate of drug-likeness (QED) is 0.419. The van der Waals surface area contributed by atoms with Gasteiger partial charge in [-0.25, -0.2) is 22.5 Å². The molecule has 1 aliphatic heterocycles. The number of carbonyl (C=O) groups excluding carboxylic acids is 1. The summed E-state index contributed by atoms with van der Waals surface area (Å²) in [5, 5.41) is 0.123. The Bertz CT molecular complexity index is 1300. The van der Waals surface area contributed by atoms with Crippen molar-refractivity contribution in [3.05, 3.63) is 53.3 Å². The number of nitrogens with zero attached hydrogens (tertiary/aromatic N) is 4. The van der Waals surface area contributed by atoms with Gasteiger partial charge in [-0.15, -0.1) is 0 Å². The molecule has 0 spiro atoms. The minimum Gasteiger partial charge on any atom is -0.497 e. The van der Waals surface area contributed by atoms with Gasteiger partial charge in [-0.3, -0.25) is 0 Å². The number of rotatable bonds is 8. The molecule has 0 radical (unpaired) electrons. The highest BCUT2D eigenvalue weighted by Gasteiger charge is 2.33. The molecule has 0 unspecified atom stereocenters. The van der Waals surface area contributed by atoms with Gasteiger partial charge in [0, 0.05) is 36.3 Å². The second-order valence-electron chi connectivity index (χ2n) is 7.54. The highest BCUT2D eigenvalue weighted by atomic mass is 35.5. The first-order valence-electron chi connectivity index (χ1n) is 10.6. The Balaban J connectivity index is 1.75. The Morgan fingerprint density at radius 3 is 2.60 bits per heavy atom. The Hall–Kier alpha value is -3.09. The van der Waals surface area contributed by atoms with Gasteiger partial charge in [-0.05, 0) is 37.1 Å². The zero-order valence-electron chi connectivity index (χ0n) is 19.0. The molecule has 1 saturated heterocycles. The van der Waals surface area contributed by atoms with Crippen LogP contribution in [0.4, 0.5) is 9.93 Å². The lowest BCUT2D eigenvalue weighted by Crippen LogP contribution is -2.33. The first kappa shape index (κ1) is 25.0. The molecule has 0 bridgehead atoms. The van der Waals surface area contributed by atoms with Crippen molar-refractivity contribution >= 4 is 44.4 Å². The van der Waals surface area contributed by atoms with E-state index in [0.29, 0.717) is 30.2 Å². The molecule has 0 saturated carbocycles. The molecule has 2 heterocycles. The van der Waals surface area contributed by atoms with Crippen LogP contribution in [0.5, 0.6) is 17.2 Å². The minimum atomic E-state index is -4.31. The molecular formula is C22H23ClN4O6S2. The van der Waals surface area contributed by atoms with Gasteiger partial charge in [0.2, 0.25) is 5.13 Å². The van der Waals surface area contributed by atoms with E-state index < -0.39 is 16.1 Å². The van der Waals surface area contributed by atoms with E-state index >= 15 is 0 Å². The van der Waals surface area contributed by atoms with Crippen LogP contribution in [-0.4, -0.2) is 56.1 Å². The average Bonchev–Trinajstić information content (AvgIpc) is 3.58. The van der Waals surface area contributed by atoms with Crippen molar-refractivity contribution in [3.63, 3.8) is 0 Å². The molecule has 35 heavy (non-hydrogen) atoms. The van der Waals surface area contributed by atoms with E-state index in [1.807, 2.05) is 0 Å². The number of halogens is 1. The molecule has 0 N–H and O–H groups in total. The molecule has 1 aliphatic rings. The second kappa shape index (κ2) is 10.7. The first-order valence-corrected chi connectivity index (χ1v) is 13.2. The molecule has 2 aromatic carbocycles. The Morgan fingerprint density at radius 2 is 1.94 bits per heavy atom. The number of benzene rings is 2. The fourth-order valence-electron chi connectivity index (χ4n) is 3.63. The lowest BCUT2D eigenvalue weighted by Gasteiger charge is -2.24. The van der Waals surface area contributed by atoms with Crippen molar-refractivity contribution in [3.8, 4) is 17.2 Å². The molecule has 0 aliphatic carbocycles.